The van der Waals surface area contributed by atoms with Crippen LogP contribution in [0.2, 0.25) is 0 Å². The number of rotatable bonds is 28. The van der Waals surface area contributed by atoms with Gasteiger partial charge in [0, 0.05) is 5.75 Å². The summed E-state index contributed by atoms with van der Waals surface area (Å²) in [7, 11) is 0. The summed E-state index contributed by atoms with van der Waals surface area (Å²) in [5.74, 6) is 2.13. The number of carbonyl (C=O) groups excluding carboxylic acids is 1. The smallest absolute Gasteiger partial charge is 0.306 e. The molecular formula is C30H60O2S. The first-order chi connectivity index (χ1) is 16.3. The van der Waals surface area contributed by atoms with Crippen molar-refractivity contribution >= 4 is 17.7 Å². The van der Waals surface area contributed by atoms with Crippen LogP contribution in [0.15, 0.2) is 0 Å². The number of unbranched alkanes of at least 4 members (excludes halogenated alkanes) is 21. The van der Waals surface area contributed by atoms with Crippen LogP contribution in [0.5, 0.6) is 0 Å². The van der Waals surface area contributed by atoms with Crippen molar-refractivity contribution in [1.82, 2.24) is 0 Å². The number of esters is 1. The van der Waals surface area contributed by atoms with Crippen molar-refractivity contribution in [3.8, 4) is 0 Å². The van der Waals surface area contributed by atoms with E-state index in [0.29, 0.717) is 13.0 Å². The molecule has 0 fully saturated rings. The van der Waals surface area contributed by atoms with Gasteiger partial charge in [-0.2, -0.15) is 11.8 Å². The van der Waals surface area contributed by atoms with Crippen molar-refractivity contribution in [2.75, 3.05) is 18.1 Å². The Morgan fingerprint density at radius 3 is 1.27 bits per heavy atom. The second kappa shape index (κ2) is 29.9. The molecular weight excluding hydrogens is 424 g/mol. The van der Waals surface area contributed by atoms with Gasteiger partial charge < -0.3 is 4.74 Å². The van der Waals surface area contributed by atoms with Crippen LogP contribution in [0.25, 0.3) is 0 Å². The van der Waals surface area contributed by atoms with E-state index in [4.69, 9.17) is 4.74 Å². The SMILES string of the molecule is CCCCCCCCCCCCCCCOC(=O)CCSCCCCCCCCCCCC. The standard InChI is InChI=1S/C30H60O2S/c1-3-5-7-9-11-13-15-16-17-18-20-22-24-27-32-30(31)26-29-33-28-25-23-21-19-14-12-10-8-6-4-2/h3-29H2,1-2H3. The van der Waals surface area contributed by atoms with Crippen molar-refractivity contribution in [3.63, 3.8) is 0 Å². The number of thioether (sulfide) groups is 1. The Morgan fingerprint density at radius 2 is 0.848 bits per heavy atom. The molecule has 0 heterocycles. The zero-order valence-electron chi connectivity index (χ0n) is 22.8. The van der Waals surface area contributed by atoms with E-state index < -0.39 is 0 Å². The summed E-state index contributed by atoms with van der Waals surface area (Å²) in [6, 6.07) is 0. The average molecular weight is 485 g/mol. The van der Waals surface area contributed by atoms with Gasteiger partial charge in [0.25, 0.3) is 0 Å². The predicted octanol–water partition coefficient (Wildman–Crippen LogP) is 10.7. The van der Waals surface area contributed by atoms with Gasteiger partial charge in [0.1, 0.15) is 0 Å². The Balaban J connectivity index is 3.14. The molecule has 0 bridgehead atoms. The van der Waals surface area contributed by atoms with Crippen LogP contribution >= 0.6 is 11.8 Å². The highest BCUT2D eigenvalue weighted by molar-refractivity contribution is 7.99. The predicted molar refractivity (Wildman–Crippen MR) is 150 cm³/mol. The first-order valence-electron chi connectivity index (χ1n) is 15.0. The third-order valence-corrected chi connectivity index (χ3v) is 7.67. The summed E-state index contributed by atoms with van der Waals surface area (Å²) in [4.78, 5) is 11.8. The Hall–Kier alpha value is -0.180. The lowest BCUT2D eigenvalue weighted by Gasteiger charge is -2.06. The maximum atomic E-state index is 11.8. The molecule has 0 amide bonds. The van der Waals surface area contributed by atoms with E-state index in [9.17, 15) is 4.79 Å². The minimum Gasteiger partial charge on any atom is -0.466 e. The highest BCUT2D eigenvalue weighted by Gasteiger charge is 2.03. The second-order valence-electron chi connectivity index (χ2n) is 10.0. The molecule has 0 saturated carbocycles. The first kappa shape index (κ1) is 32.8. The molecule has 3 heteroatoms. The van der Waals surface area contributed by atoms with Gasteiger partial charge in [0.05, 0.1) is 13.0 Å². The lowest BCUT2D eigenvalue weighted by Crippen LogP contribution is -2.07. The van der Waals surface area contributed by atoms with E-state index in [1.54, 1.807) is 0 Å². The topological polar surface area (TPSA) is 26.3 Å². The fourth-order valence-corrected chi connectivity index (χ4v) is 5.25. The summed E-state index contributed by atoms with van der Waals surface area (Å²) in [5.41, 5.74) is 0. The largest absolute Gasteiger partial charge is 0.466 e. The minimum absolute atomic E-state index is 0.00418. The molecule has 0 spiro atoms. The van der Waals surface area contributed by atoms with Crippen molar-refractivity contribution in [2.45, 2.75) is 168 Å². The van der Waals surface area contributed by atoms with Gasteiger partial charge in [-0.1, -0.05) is 149 Å². The molecule has 2 nitrogen and oxygen atoms in total. The van der Waals surface area contributed by atoms with Crippen LogP contribution in [0.3, 0.4) is 0 Å². The molecule has 0 aromatic rings. The van der Waals surface area contributed by atoms with Gasteiger partial charge >= 0.3 is 5.97 Å². The minimum atomic E-state index is 0.00418. The molecule has 0 aliphatic carbocycles. The van der Waals surface area contributed by atoms with Crippen molar-refractivity contribution in [2.24, 2.45) is 0 Å². The summed E-state index contributed by atoms with van der Waals surface area (Å²) in [6.07, 6.45) is 32.0. The Kier molecular flexibility index (Phi) is 29.7. The fourth-order valence-electron chi connectivity index (χ4n) is 4.33. The monoisotopic (exact) mass is 484 g/mol. The van der Waals surface area contributed by atoms with Crippen LogP contribution in [0.1, 0.15) is 168 Å². The summed E-state index contributed by atoms with van der Waals surface area (Å²) >= 11 is 1.92. The van der Waals surface area contributed by atoms with Crippen molar-refractivity contribution < 1.29 is 9.53 Å². The molecule has 0 unspecified atom stereocenters. The van der Waals surface area contributed by atoms with E-state index in [0.717, 1.165) is 12.2 Å². The summed E-state index contributed by atoms with van der Waals surface area (Å²) in [6.45, 7) is 5.19. The first-order valence-corrected chi connectivity index (χ1v) is 16.2. The lowest BCUT2D eigenvalue weighted by atomic mass is 10.0. The van der Waals surface area contributed by atoms with E-state index in [1.807, 2.05) is 11.8 Å². The third kappa shape index (κ3) is 29.8. The Morgan fingerprint density at radius 1 is 0.485 bits per heavy atom. The van der Waals surface area contributed by atoms with Gasteiger partial charge in [0.15, 0.2) is 0 Å². The molecule has 0 rings (SSSR count). The maximum absolute atomic E-state index is 11.8. The number of ether oxygens (including phenoxy) is 1. The molecule has 0 aromatic heterocycles. The zero-order chi connectivity index (χ0) is 24.1. The molecule has 0 atom stereocenters. The van der Waals surface area contributed by atoms with Gasteiger partial charge in [-0.25, -0.2) is 0 Å². The quantitative estimate of drug-likeness (QED) is 0.0815. The van der Waals surface area contributed by atoms with E-state index >= 15 is 0 Å². The van der Waals surface area contributed by atoms with Gasteiger partial charge in [-0.05, 0) is 18.6 Å². The van der Waals surface area contributed by atoms with E-state index in [2.05, 4.69) is 13.8 Å². The van der Waals surface area contributed by atoms with E-state index in [1.165, 1.54) is 147 Å². The van der Waals surface area contributed by atoms with E-state index in [-0.39, 0.29) is 5.97 Å². The fraction of sp³-hybridized carbons (Fsp3) is 0.967. The number of carbonyl (C=O) groups is 1. The van der Waals surface area contributed by atoms with Crippen LogP contribution < -0.4 is 0 Å². The Labute approximate surface area is 213 Å². The van der Waals surface area contributed by atoms with Gasteiger partial charge in [0.2, 0.25) is 0 Å². The molecule has 0 aromatic carbocycles. The average Bonchev–Trinajstić information content (AvgIpc) is 2.82. The summed E-state index contributed by atoms with van der Waals surface area (Å²) < 4.78 is 5.40. The highest BCUT2D eigenvalue weighted by atomic mass is 32.2. The van der Waals surface area contributed by atoms with Crippen LogP contribution in [-0.4, -0.2) is 24.1 Å². The van der Waals surface area contributed by atoms with Crippen LogP contribution in [0.4, 0.5) is 0 Å². The molecule has 33 heavy (non-hydrogen) atoms. The zero-order valence-corrected chi connectivity index (χ0v) is 23.6. The Bertz CT molecular complexity index is 372. The molecule has 0 aliphatic heterocycles. The molecule has 198 valence electrons. The van der Waals surface area contributed by atoms with Gasteiger partial charge in [-0.15, -0.1) is 0 Å². The number of hydrogen-bond donors (Lipinski definition) is 0. The van der Waals surface area contributed by atoms with Crippen molar-refractivity contribution in [1.29, 1.82) is 0 Å². The molecule has 0 saturated heterocycles. The van der Waals surface area contributed by atoms with Crippen LogP contribution in [0, 0.1) is 0 Å². The lowest BCUT2D eigenvalue weighted by molar-refractivity contribution is -0.143. The summed E-state index contributed by atoms with van der Waals surface area (Å²) in [5, 5.41) is 0. The van der Waals surface area contributed by atoms with Gasteiger partial charge in [-0.3, -0.25) is 4.79 Å². The normalized spacial score (nSPS) is 11.2. The molecule has 0 aliphatic rings. The maximum Gasteiger partial charge on any atom is 0.306 e. The number of hydrogen-bond acceptors (Lipinski definition) is 3. The highest BCUT2D eigenvalue weighted by Crippen LogP contribution is 2.14. The molecule has 0 N–H and O–H groups in total. The second-order valence-corrected chi connectivity index (χ2v) is 11.2. The molecule has 0 radical (unpaired) electrons. The third-order valence-electron chi connectivity index (χ3n) is 6.60. The van der Waals surface area contributed by atoms with Crippen molar-refractivity contribution in [3.05, 3.63) is 0 Å². The van der Waals surface area contributed by atoms with Crippen LogP contribution in [-0.2, 0) is 9.53 Å².